The van der Waals surface area contributed by atoms with Crippen molar-refractivity contribution in [3.05, 3.63) is 95.3 Å². The van der Waals surface area contributed by atoms with Crippen LogP contribution in [0.5, 0.6) is 0 Å². The zero-order chi connectivity index (χ0) is 20.7. The molecule has 0 N–H and O–H groups in total. The van der Waals surface area contributed by atoms with Crippen LogP contribution in [0.2, 0.25) is 0 Å². The number of fused-ring (bicyclic) bond motifs is 1. The van der Waals surface area contributed by atoms with E-state index in [9.17, 15) is 4.79 Å². The third-order valence-corrected chi connectivity index (χ3v) is 5.91. The van der Waals surface area contributed by atoms with Gasteiger partial charge in [-0.15, -0.1) is 0 Å². The number of benzene rings is 3. The maximum absolute atomic E-state index is 12.9. The van der Waals surface area contributed by atoms with E-state index in [1.54, 1.807) is 0 Å². The van der Waals surface area contributed by atoms with E-state index >= 15 is 0 Å². The van der Waals surface area contributed by atoms with E-state index in [1.807, 2.05) is 23.1 Å². The Morgan fingerprint density at radius 2 is 1.70 bits per heavy atom. The second-order valence-corrected chi connectivity index (χ2v) is 8.28. The first-order valence-electron chi connectivity index (χ1n) is 10.5. The fourth-order valence-electron chi connectivity index (χ4n) is 4.49. The summed E-state index contributed by atoms with van der Waals surface area (Å²) in [5.41, 5.74) is 6.75. The molecule has 4 nitrogen and oxygen atoms in total. The van der Waals surface area contributed by atoms with E-state index in [2.05, 4.69) is 73.0 Å². The van der Waals surface area contributed by atoms with Crippen LogP contribution in [-0.2, 0) is 11.3 Å². The van der Waals surface area contributed by atoms with Gasteiger partial charge < -0.3 is 9.47 Å². The largest absolute Gasteiger partial charge is 0.323 e. The maximum atomic E-state index is 12.9. The molecule has 2 heterocycles. The van der Waals surface area contributed by atoms with Crippen molar-refractivity contribution < 1.29 is 4.79 Å². The Hall–Kier alpha value is -3.40. The molecule has 5 rings (SSSR count). The van der Waals surface area contributed by atoms with Gasteiger partial charge in [-0.05, 0) is 49.2 Å². The molecule has 1 aliphatic rings. The molecule has 4 aromatic rings. The lowest BCUT2D eigenvalue weighted by Crippen LogP contribution is -2.24. The van der Waals surface area contributed by atoms with Crippen LogP contribution in [0.4, 0.5) is 5.69 Å². The summed E-state index contributed by atoms with van der Waals surface area (Å²) < 4.78 is 2.29. The highest BCUT2D eigenvalue weighted by molar-refractivity contribution is 5.96. The summed E-state index contributed by atoms with van der Waals surface area (Å²) in [6, 6.07) is 25.0. The number of rotatable bonds is 4. The highest BCUT2D eigenvalue weighted by atomic mass is 16.2. The first-order valence-corrected chi connectivity index (χ1v) is 10.5. The van der Waals surface area contributed by atoms with Gasteiger partial charge in [0.2, 0.25) is 5.91 Å². The number of carbonyl (C=O) groups excluding carboxylic acids is 1. The number of amides is 1. The highest BCUT2D eigenvalue weighted by Gasteiger charge is 2.34. The molecule has 1 aliphatic heterocycles. The molecule has 1 aromatic heterocycles. The molecule has 150 valence electrons. The molecular formula is C26H25N3O. The minimum Gasteiger partial charge on any atom is -0.323 e. The van der Waals surface area contributed by atoms with Gasteiger partial charge in [-0.25, -0.2) is 4.98 Å². The third kappa shape index (κ3) is 3.39. The average Bonchev–Trinajstić information content (AvgIpc) is 3.29. The van der Waals surface area contributed by atoms with Crippen LogP contribution in [0.3, 0.4) is 0 Å². The molecule has 0 aliphatic carbocycles. The van der Waals surface area contributed by atoms with Gasteiger partial charge >= 0.3 is 0 Å². The van der Waals surface area contributed by atoms with Crippen molar-refractivity contribution in [2.75, 3.05) is 11.4 Å². The topological polar surface area (TPSA) is 38.1 Å². The van der Waals surface area contributed by atoms with Crippen molar-refractivity contribution >= 4 is 22.6 Å². The van der Waals surface area contributed by atoms with Crippen LogP contribution in [0, 0.1) is 13.8 Å². The number of anilines is 1. The van der Waals surface area contributed by atoms with Crippen LogP contribution in [0.25, 0.3) is 11.0 Å². The van der Waals surface area contributed by atoms with Crippen LogP contribution >= 0.6 is 0 Å². The predicted octanol–water partition coefficient (Wildman–Crippen LogP) is 5.22. The number of carbonyl (C=O) groups is 1. The number of nitrogens with zero attached hydrogens (tertiary/aromatic N) is 3. The van der Waals surface area contributed by atoms with Gasteiger partial charge in [-0.1, -0.05) is 54.1 Å². The fraction of sp³-hybridized carbons (Fsp3) is 0.231. The van der Waals surface area contributed by atoms with Gasteiger partial charge in [0.1, 0.15) is 5.82 Å². The fourth-order valence-corrected chi connectivity index (χ4v) is 4.49. The predicted molar refractivity (Wildman–Crippen MR) is 121 cm³/mol. The van der Waals surface area contributed by atoms with Gasteiger partial charge in [0.05, 0.1) is 11.0 Å². The Labute approximate surface area is 176 Å². The van der Waals surface area contributed by atoms with Crippen molar-refractivity contribution in [1.29, 1.82) is 0 Å². The lowest BCUT2D eigenvalue weighted by Gasteiger charge is -2.18. The Bertz CT molecular complexity index is 1240. The molecule has 30 heavy (non-hydrogen) atoms. The van der Waals surface area contributed by atoms with E-state index < -0.39 is 0 Å². The van der Waals surface area contributed by atoms with Crippen molar-refractivity contribution in [1.82, 2.24) is 9.55 Å². The number of para-hydroxylation sites is 2. The van der Waals surface area contributed by atoms with Gasteiger partial charge in [-0.2, -0.15) is 0 Å². The quantitative estimate of drug-likeness (QED) is 0.475. The number of aromatic nitrogens is 2. The molecule has 0 saturated carbocycles. The summed E-state index contributed by atoms with van der Waals surface area (Å²) in [4.78, 5) is 19.8. The molecular weight excluding hydrogens is 370 g/mol. The first kappa shape index (κ1) is 18.6. The summed E-state index contributed by atoms with van der Waals surface area (Å²) >= 11 is 0. The lowest BCUT2D eigenvalue weighted by molar-refractivity contribution is -0.117. The Morgan fingerprint density at radius 3 is 2.50 bits per heavy atom. The average molecular weight is 396 g/mol. The van der Waals surface area contributed by atoms with E-state index in [-0.39, 0.29) is 11.8 Å². The van der Waals surface area contributed by atoms with Crippen molar-refractivity contribution in [3.63, 3.8) is 0 Å². The summed E-state index contributed by atoms with van der Waals surface area (Å²) in [7, 11) is 0. The van der Waals surface area contributed by atoms with E-state index in [1.165, 1.54) is 11.1 Å². The van der Waals surface area contributed by atoms with Crippen LogP contribution in [-0.4, -0.2) is 22.0 Å². The zero-order valence-electron chi connectivity index (χ0n) is 17.4. The van der Waals surface area contributed by atoms with Crippen LogP contribution in [0.1, 0.15) is 34.9 Å². The van der Waals surface area contributed by atoms with Crippen LogP contribution < -0.4 is 4.90 Å². The standard InChI is InChI=1S/C26H25N3O/c1-18-7-5-9-20(13-18)16-29-24-12-4-3-11-23(24)27-26(29)21-15-25(30)28(17-21)22-10-6-8-19(2)14-22/h3-14,21H,15-17H2,1-2H3. The second kappa shape index (κ2) is 7.45. The SMILES string of the molecule is Cc1cccc(Cn2c(C3CC(=O)N(c4cccc(C)c4)C3)nc3ccccc32)c1. The van der Waals surface area contributed by atoms with E-state index in [0.29, 0.717) is 13.0 Å². The van der Waals surface area contributed by atoms with Gasteiger partial charge in [0, 0.05) is 31.1 Å². The zero-order valence-corrected chi connectivity index (χ0v) is 17.4. The van der Waals surface area contributed by atoms with Crippen molar-refractivity contribution in [3.8, 4) is 0 Å². The molecule has 1 amide bonds. The molecule has 1 atom stereocenters. The minimum absolute atomic E-state index is 0.0789. The monoisotopic (exact) mass is 395 g/mol. The molecule has 0 bridgehead atoms. The molecule has 1 fully saturated rings. The number of hydrogen-bond acceptors (Lipinski definition) is 2. The van der Waals surface area contributed by atoms with E-state index in [0.717, 1.165) is 34.7 Å². The van der Waals surface area contributed by atoms with Crippen LogP contribution in [0.15, 0.2) is 72.8 Å². The number of imidazole rings is 1. The molecule has 4 heteroatoms. The summed E-state index contributed by atoms with van der Waals surface area (Å²) in [6.07, 6.45) is 0.491. The summed E-state index contributed by atoms with van der Waals surface area (Å²) in [5.74, 6) is 1.25. The second-order valence-electron chi connectivity index (χ2n) is 8.28. The van der Waals surface area contributed by atoms with Gasteiger partial charge in [-0.3, -0.25) is 4.79 Å². The maximum Gasteiger partial charge on any atom is 0.227 e. The number of hydrogen-bond donors (Lipinski definition) is 0. The summed E-state index contributed by atoms with van der Waals surface area (Å²) in [5, 5.41) is 0. The van der Waals surface area contributed by atoms with Crippen molar-refractivity contribution in [2.24, 2.45) is 0 Å². The molecule has 0 spiro atoms. The van der Waals surface area contributed by atoms with Gasteiger partial charge in [0.25, 0.3) is 0 Å². The van der Waals surface area contributed by atoms with E-state index in [4.69, 9.17) is 4.98 Å². The first-order chi connectivity index (χ1) is 14.6. The normalized spacial score (nSPS) is 16.5. The van der Waals surface area contributed by atoms with Gasteiger partial charge in [0.15, 0.2) is 0 Å². The lowest BCUT2D eigenvalue weighted by atomic mass is 10.1. The molecule has 1 saturated heterocycles. The number of aryl methyl sites for hydroxylation is 2. The Morgan fingerprint density at radius 1 is 0.933 bits per heavy atom. The molecule has 1 unspecified atom stereocenters. The third-order valence-electron chi connectivity index (χ3n) is 5.91. The smallest absolute Gasteiger partial charge is 0.227 e. The highest BCUT2D eigenvalue weighted by Crippen LogP contribution is 2.33. The Balaban J connectivity index is 1.53. The molecule has 0 radical (unpaired) electrons. The summed E-state index contributed by atoms with van der Waals surface area (Å²) in [6.45, 7) is 5.60. The minimum atomic E-state index is 0.0789. The Kier molecular flexibility index (Phi) is 4.62. The molecule has 3 aromatic carbocycles. The van der Waals surface area contributed by atoms with Crippen molar-refractivity contribution in [2.45, 2.75) is 32.7 Å².